The molecule has 0 atom stereocenters. The minimum atomic E-state index is -0.261. The number of para-hydroxylation sites is 1. The molecule has 152 valence electrons. The van der Waals surface area contributed by atoms with E-state index >= 15 is 0 Å². The van der Waals surface area contributed by atoms with Crippen LogP contribution in [0.2, 0.25) is 0 Å². The molecule has 0 aromatic heterocycles. The summed E-state index contributed by atoms with van der Waals surface area (Å²) >= 11 is 0. The molecule has 0 aliphatic carbocycles. The summed E-state index contributed by atoms with van der Waals surface area (Å²) in [5, 5.41) is 2.82. The molecule has 0 radical (unpaired) electrons. The highest BCUT2D eigenvalue weighted by molar-refractivity contribution is 5.97. The molecule has 2 aliphatic heterocycles. The lowest BCUT2D eigenvalue weighted by molar-refractivity contribution is -0.123. The summed E-state index contributed by atoms with van der Waals surface area (Å²) in [6.07, 6.45) is 3.21. The molecule has 0 spiro atoms. The largest absolute Gasteiger partial charge is 0.483 e. The third kappa shape index (κ3) is 4.62. The Balaban J connectivity index is 1.31. The van der Waals surface area contributed by atoms with Crippen molar-refractivity contribution in [2.45, 2.75) is 25.8 Å². The van der Waals surface area contributed by atoms with Crippen LogP contribution >= 0.6 is 0 Å². The first kappa shape index (κ1) is 19.1. The number of carbonyl (C=O) groups excluding carboxylic acids is 2. The van der Waals surface area contributed by atoms with Crippen LogP contribution < -0.4 is 19.5 Å². The number of fused-ring (bicyclic) bond motifs is 1. The van der Waals surface area contributed by atoms with E-state index in [9.17, 15) is 9.59 Å². The molecule has 2 aliphatic rings. The van der Waals surface area contributed by atoms with E-state index in [1.54, 1.807) is 18.2 Å². The third-order valence-corrected chi connectivity index (χ3v) is 5.05. The Morgan fingerprint density at radius 3 is 2.66 bits per heavy atom. The van der Waals surface area contributed by atoms with Crippen LogP contribution in [-0.4, -0.2) is 43.2 Å². The Morgan fingerprint density at radius 2 is 1.79 bits per heavy atom. The van der Waals surface area contributed by atoms with Crippen molar-refractivity contribution in [1.29, 1.82) is 0 Å². The van der Waals surface area contributed by atoms with Crippen LogP contribution in [0.4, 0.5) is 0 Å². The van der Waals surface area contributed by atoms with Crippen LogP contribution in [0.3, 0.4) is 0 Å². The van der Waals surface area contributed by atoms with Gasteiger partial charge in [0.05, 0.1) is 5.56 Å². The molecule has 2 amide bonds. The second-order valence-electron chi connectivity index (χ2n) is 7.10. The van der Waals surface area contributed by atoms with Crippen LogP contribution in [-0.2, 0) is 11.3 Å². The average molecular weight is 396 g/mol. The monoisotopic (exact) mass is 396 g/mol. The summed E-state index contributed by atoms with van der Waals surface area (Å²) in [5.74, 6) is 1.52. The van der Waals surface area contributed by atoms with Gasteiger partial charge in [0.25, 0.3) is 11.8 Å². The van der Waals surface area contributed by atoms with E-state index in [1.165, 1.54) is 0 Å². The summed E-state index contributed by atoms with van der Waals surface area (Å²) in [6, 6.07) is 12.6. The number of benzene rings is 2. The number of hydrogen-bond acceptors (Lipinski definition) is 5. The lowest BCUT2D eigenvalue weighted by atomic mass is 10.1. The summed E-state index contributed by atoms with van der Waals surface area (Å²) in [7, 11) is 0. The third-order valence-electron chi connectivity index (χ3n) is 5.05. The number of nitrogens with zero attached hydrogens (tertiary/aromatic N) is 1. The highest BCUT2D eigenvalue weighted by Gasteiger charge is 2.21. The molecule has 1 fully saturated rings. The van der Waals surface area contributed by atoms with Crippen molar-refractivity contribution in [2.24, 2.45) is 0 Å². The van der Waals surface area contributed by atoms with Crippen molar-refractivity contribution in [1.82, 2.24) is 10.2 Å². The van der Waals surface area contributed by atoms with Gasteiger partial charge in [-0.15, -0.1) is 0 Å². The van der Waals surface area contributed by atoms with Crippen LogP contribution in [0, 0.1) is 0 Å². The van der Waals surface area contributed by atoms with Gasteiger partial charge >= 0.3 is 0 Å². The normalized spacial score (nSPS) is 15.1. The van der Waals surface area contributed by atoms with Crippen molar-refractivity contribution < 1.29 is 23.8 Å². The Kier molecular flexibility index (Phi) is 5.84. The van der Waals surface area contributed by atoms with Gasteiger partial charge in [-0.25, -0.2) is 0 Å². The molecule has 7 nitrogen and oxygen atoms in total. The maximum absolute atomic E-state index is 12.8. The smallest absolute Gasteiger partial charge is 0.258 e. The topological polar surface area (TPSA) is 77.1 Å². The minimum Gasteiger partial charge on any atom is -0.483 e. The first-order chi connectivity index (χ1) is 14.2. The summed E-state index contributed by atoms with van der Waals surface area (Å²) in [6.45, 7) is 1.95. The number of rotatable bonds is 6. The van der Waals surface area contributed by atoms with Gasteiger partial charge < -0.3 is 24.4 Å². The van der Waals surface area contributed by atoms with Gasteiger partial charge in [0, 0.05) is 19.6 Å². The molecule has 1 N–H and O–H groups in total. The molecule has 2 aromatic rings. The van der Waals surface area contributed by atoms with Crippen molar-refractivity contribution in [3.63, 3.8) is 0 Å². The Hall–Kier alpha value is -3.22. The summed E-state index contributed by atoms with van der Waals surface area (Å²) in [5.41, 5.74) is 1.40. The van der Waals surface area contributed by atoms with E-state index in [-0.39, 0.29) is 25.2 Å². The molecule has 0 saturated carbocycles. The predicted octanol–water partition coefficient (Wildman–Crippen LogP) is 2.74. The molecular formula is C22H24N2O5. The molecule has 2 aromatic carbocycles. The highest BCUT2D eigenvalue weighted by atomic mass is 16.7. The van der Waals surface area contributed by atoms with Gasteiger partial charge in [-0.2, -0.15) is 0 Å². The summed E-state index contributed by atoms with van der Waals surface area (Å²) < 4.78 is 16.3. The van der Waals surface area contributed by atoms with E-state index in [0.717, 1.165) is 37.9 Å². The molecule has 7 heteroatoms. The lowest BCUT2D eigenvalue weighted by Crippen LogP contribution is -2.36. The van der Waals surface area contributed by atoms with Gasteiger partial charge in [-0.3, -0.25) is 9.59 Å². The number of nitrogens with one attached hydrogen (secondary N) is 1. The fourth-order valence-corrected chi connectivity index (χ4v) is 3.48. The maximum Gasteiger partial charge on any atom is 0.258 e. The number of piperidine rings is 1. The lowest BCUT2D eigenvalue weighted by Gasteiger charge is -2.27. The van der Waals surface area contributed by atoms with Crippen LogP contribution in [0.5, 0.6) is 17.2 Å². The van der Waals surface area contributed by atoms with E-state index in [2.05, 4.69) is 5.32 Å². The second kappa shape index (κ2) is 8.86. The predicted molar refractivity (Wildman–Crippen MR) is 106 cm³/mol. The molecular weight excluding hydrogens is 372 g/mol. The van der Waals surface area contributed by atoms with Gasteiger partial charge in [0.15, 0.2) is 18.1 Å². The van der Waals surface area contributed by atoms with E-state index in [4.69, 9.17) is 14.2 Å². The maximum atomic E-state index is 12.8. The fourth-order valence-electron chi connectivity index (χ4n) is 3.48. The zero-order chi connectivity index (χ0) is 20.1. The average Bonchev–Trinajstić information content (AvgIpc) is 3.24. The van der Waals surface area contributed by atoms with Gasteiger partial charge in [0.1, 0.15) is 5.75 Å². The van der Waals surface area contributed by atoms with Gasteiger partial charge in [0.2, 0.25) is 6.79 Å². The Bertz CT molecular complexity index is 893. The number of hydrogen-bond donors (Lipinski definition) is 1. The molecule has 1 saturated heterocycles. The van der Waals surface area contributed by atoms with E-state index in [1.807, 2.05) is 29.2 Å². The minimum absolute atomic E-state index is 0.0407. The van der Waals surface area contributed by atoms with Gasteiger partial charge in [-0.05, 0) is 49.1 Å². The fraction of sp³-hybridized carbons (Fsp3) is 0.364. The van der Waals surface area contributed by atoms with Crippen molar-refractivity contribution in [3.8, 4) is 17.2 Å². The van der Waals surface area contributed by atoms with Crippen LogP contribution in [0.15, 0.2) is 42.5 Å². The SMILES string of the molecule is O=C(COc1ccccc1C(=O)N1CCCCC1)NCc1ccc2c(c1)OCO2. The molecule has 0 bridgehead atoms. The quantitative estimate of drug-likeness (QED) is 0.813. The number of amides is 2. The van der Waals surface area contributed by atoms with Crippen LogP contribution in [0.25, 0.3) is 0 Å². The number of ether oxygens (including phenoxy) is 3. The number of likely N-dealkylation sites (tertiary alicyclic amines) is 1. The highest BCUT2D eigenvalue weighted by Crippen LogP contribution is 2.32. The molecule has 0 unspecified atom stereocenters. The van der Waals surface area contributed by atoms with Crippen molar-refractivity contribution in [2.75, 3.05) is 26.5 Å². The Labute approximate surface area is 169 Å². The molecule has 29 heavy (non-hydrogen) atoms. The Morgan fingerprint density at radius 1 is 1.00 bits per heavy atom. The zero-order valence-electron chi connectivity index (χ0n) is 16.2. The molecule has 2 heterocycles. The van der Waals surface area contributed by atoms with E-state index in [0.29, 0.717) is 29.4 Å². The first-order valence-electron chi connectivity index (χ1n) is 9.87. The zero-order valence-corrected chi connectivity index (χ0v) is 16.2. The second-order valence-corrected chi connectivity index (χ2v) is 7.10. The summed E-state index contributed by atoms with van der Waals surface area (Å²) in [4.78, 5) is 26.9. The standard InChI is InChI=1S/C22H24N2O5/c25-21(23-13-16-8-9-19-20(12-16)29-15-28-19)14-27-18-7-3-2-6-17(18)22(26)24-10-4-1-5-11-24/h2-3,6-9,12H,1,4-5,10-11,13-15H2,(H,23,25). The van der Waals surface area contributed by atoms with Crippen molar-refractivity contribution in [3.05, 3.63) is 53.6 Å². The van der Waals surface area contributed by atoms with Crippen molar-refractivity contribution >= 4 is 11.8 Å². The van der Waals surface area contributed by atoms with Crippen LogP contribution in [0.1, 0.15) is 35.2 Å². The molecule has 4 rings (SSSR count). The first-order valence-corrected chi connectivity index (χ1v) is 9.87. The van der Waals surface area contributed by atoms with Gasteiger partial charge in [-0.1, -0.05) is 18.2 Å². The van der Waals surface area contributed by atoms with E-state index < -0.39 is 0 Å². The number of carbonyl (C=O) groups is 2.